The van der Waals surface area contributed by atoms with Crippen LogP contribution in [0.25, 0.3) is 0 Å². The van der Waals surface area contributed by atoms with E-state index in [1.807, 2.05) is 12.1 Å². The van der Waals surface area contributed by atoms with Crippen LogP contribution in [0.4, 0.5) is 0 Å². The van der Waals surface area contributed by atoms with Crippen LogP contribution in [0.1, 0.15) is 43.5 Å². The molecule has 3 atom stereocenters. The summed E-state index contributed by atoms with van der Waals surface area (Å²) < 4.78 is 10.7. The van der Waals surface area contributed by atoms with Crippen LogP contribution in [-0.2, 0) is 0 Å². The number of fused-ring (bicyclic) bond motifs is 1. The number of amides is 1. The third kappa shape index (κ3) is 2.35. The van der Waals surface area contributed by atoms with Crippen molar-refractivity contribution in [1.29, 1.82) is 0 Å². The van der Waals surface area contributed by atoms with E-state index in [0.29, 0.717) is 28.9 Å². The van der Waals surface area contributed by atoms with E-state index in [4.69, 9.17) is 9.47 Å². The number of rotatable bonds is 2. The Bertz CT molecular complexity index is 514. The maximum Gasteiger partial charge on any atom is 0.255 e. The lowest BCUT2D eigenvalue weighted by Gasteiger charge is -2.34. The van der Waals surface area contributed by atoms with E-state index in [-0.39, 0.29) is 18.7 Å². The number of nitrogens with one attached hydrogen (secondary N) is 1. The van der Waals surface area contributed by atoms with Crippen LogP contribution in [0.3, 0.4) is 0 Å². The molecule has 1 aromatic carbocycles. The SMILES string of the molecule is CC1CCCC(NC(=O)c2cccc3c2OCO3)C1C. The molecule has 4 nitrogen and oxygen atoms in total. The summed E-state index contributed by atoms with van der Waals surface area (Å²) in [4.78, 5) is 12.5. The standard InChI is InChI=1S/C16H21NO3/c1-10-5-3-7-13(11(10)2)17-16(18)12-6-4-8-14-15(12)20-9-19-14/h4,6,8,10-11,13H,3,5,7,9H2,1-2H3,(H,17,18). The van der Waals surface area contributed by atoms with Crippen LogP contribution in [0.15, 0.2) is 18.2 Å². The van der Waals surface area contributed by atoms with Gasteiger partial charge in [-0.15, -0.1) is 0 Å². The highest BCUT2D eigenvalue weighted by Crippen LogP contribution is 2.36. The highest BCUT2D eigenvalue weighted by molar-refractivity contribution is 5.98. The number of para-hydroxylation sites is 1. The molecule has 3 unspecified atom stereocenters. The molecular formula is C16H21NO3. The fourth-order valence-corrected chi connectivity index (χ4v) is 3.14. The third-order valence-electron chi connectivity index (χ3n) is 4.66. The summed E-state index contributed by atoms with van der Waals surface area (Å²) in [6, 6.07) is 5.70. The van der Waals surface area contributed by atoms with Gasteiger partial charge in [-0.3, -0.25) is 4.79 Å². The smallest absolute Gasteiger partial charge is 0.255 e. The normalized spacial score (nSPS) is 28.2. The minimum atomic E-state index is -0.0571. The zero-order valence-corrected chi connectivity index (χ0v) is 12.0. The Morgan fingerprint density at radius 1 is 1.25 bits per heavy atom. The van der Waals surface area contributed by atoms with Crippen molar-refractivity contribution in [3.05, 3.63) is 23.8 Å². The second-order valence-corrected chi connectivity index (χ2v) is 5.89. The van der Waals surface area contributed by atoms with Crippen molar-refractivity contribution in [1.82, 2.24) is 5.32 Å². The van der Waals surface area contributed by atoms with E-state index >= 15 is 0 Å². The van der Waals surface area contributed by atoms with Crippen molar-refractivity contribution >= 4 is 5.91 Å². The number of carbonyl (C=O) groups excluding carboxylic acids is 1. The van der Waals surface area contributed by atoms with Crippen LogP contribution in [0, 0.1) is 11.8 Å². The zero-order valence-electron chi connectivity index (χ0n) is 12.0. The van der Waals surface area contributed by atoms with Crippen molar-refractivity contribution < 1.29 is 14.3 Å². The number of hydrogen-bond donors (Lipinski definition) is 1. The molecule has 1 aliphatic heterocycles. The molecule has 0 aromatic heterocycles. The second-order valence-electron chi connectivity index (χ2n) is 5.89. The van der Waals surface area contributed by atoms with Gasteiger partial charge in [-0.05, 0) is 30.4 Å². The van der Waals surface area contributed by atoms with Gasteiger partial charge >= 0.3 is 0 Å². The van der Waals surface area contributed by atoms with Gasteiger partial charge in [0, 0.05) is 6.04 Å². The van der Waals surface area contributed by atoms with Crippen LogP contribution >= 0.6 is 0 Å². The summed E-state index contributed by atoms with van der Waals surface area (Å²) in [7, 11) is 0. The molecule has 1 amide bonds. The summed E-state index contributed by atoms with van der Waals surface area (Å²) in [6.45, 7) is 4.68. The second kappa shape index (κ2) is 5.35. The molecule has 1 fully saturated rings. The predicted molar refractivity (Wildman–Crippen MR) is 76.0 cm³/mol. The van der Waals surface area contributed by atoms with Crippen LogP contribution in [0.5, 0.6) is 11.5 Å². The lowest BCUT2D eigenvalue weighted by atomic mass is 9.78. The molecule has 108 valence electrons. The molecule has 1 heterocycles. The molecule has 0 bridgehead atoms. The van der Waals surface area contributed by atoms with Crippen molar-refractivity contribution in [2.75, 3.05) is 6.79 Å². The maximum absolute atomic E-state index is 12.5. The molecule has 1 aromatic rings. The number of ether oxygens (including phenoxy) is 2. The predicted octanol–water partition coefficient (Wildman–Crippen LogP) is 2.97. The molecule has 2 aliphatic rings. The summed E-state index contributed by atoms with van der Waals surface area (Å²) in [5.74, 6) is 2.35. The highest BCUT2D eigenvalue weighted by Gasteiger charge is 2.30. The van der Waals surface area contributed by atoms with Crippen molar-refractivity contribution in [3.8, 4) is 11.5 Å². The quantitative estimate of drug-likeness (QED) is 0.902. The van der Waals surface area contributed by atoms with Gasteiger partial charge in [-0.2, -0.15) is 0 Å². The number of benzene rings is 1. The average Bonchev–Trinajstić information content (AvgIpc) is 2.92. The topological polar surface area (TPSA) is 47.6 Å². The Morgan fingerprint density at radius 3 is 2.95 bits per heavy atom. The number of hydrogen-bond acceptors (Lipinski definition) is 3. The first kappa shape index (κ1) is 13.3. The largest absolute Gasteiger partial charge is 0.454 e. The fraction of sp³-hybridized carbons (Fsp3) is 0.562. The Morgan fingerprint density at radius 2 is 2.10 bits per heavy atom. The Labute approximate surface area is 119 Å². The zero-order chi connectivity index (χ0) is 14.1. The van der Waals surface area contributed by atoms with Gasteiger partial charge in [0.25, 0.3) is 5.91 Å². The monoisotopic (exact) mass is 275 g/mol. The first-order chi connectivity index (χ1) is 9.66. The van der Waals surface area contributed by atoms with Crippen molar-refractivity contribution in [3.63, 3.8) is 0 Å². The first-order valence-corrected chi connectivity index (χ1v) is 7.36. The van der Waals surface area contributed by atoms with Crippen LogP contribution < -0.4 is 14.8 Å². The van der Waals surface area contributed by atoms with Gasteiger partial charge in [0.05, 0.1) is 5.56 Å². The van der Waals surface area contributed by atoms with Crippen LogP contribution in [-0.4, -0.2) is 18.7 Å². The van der Waals surface area contributed by atoms with E-state index < -0.39 is 0 Å². The van der Waals surface area contributed by atoms with Gasteiger partial charge in [-0.1, -0.05) is 32.8 Å². The molecule has 1 N–H and O–H groups in total. The van der Waals surface area contributed by atoms with Gasteiger partial charge in [0.15, 0.2) is 11.5 Å². The van der Waals surface area contributed by atoms with E-state index in [9.17, 15) is 4.79 Å². The Kier molecular flexibility index (Phi) is 3.55. The van der Waals surface area contributed by atoms with Crippen LogP contribution in [0.2, 0.25) is 0 Å². The summed E-state index contributed by atoms with van der Waals surface area (Å²) in [5, 5.41) is 3.17. The minimum Gasteiger partial charge on any atom is -0.454 e. The van der Waals surface area contributed by atoms with Gasteiger partial charge < -0.3 is 14.8 Å². The third-order valence-corrected chi connectivity index (χ3v) is 4.66. The molecule has 1 aliphatic carbocycles. The van der Waals surface area contributed by atoms with E-state index in [1.54, 1.807) is 6.07 Å². The molecule has 1 saturated carbocycles. The minimum absolute atomic E-state index is 0.0571. The Balaban J connectivity index is 1.75. The van der Waals surface area contributed by atoms with Gasteiger partial charge in [0.1, 0.15) is 0 Å². The summed E-state index contributed by atoms with van der Waals surface area (Å²) in [6.07, 6.45) is 3.50. The molecule has 0 spiro atoms. The molecular weight excluding hydrogens is 254 g/mol. The Hall–Kier alpha value is -1.71. The highest BCUT2D eigenvalue weighted by atomic mass is 16.7. The lowest BCUT2D eigenvalue weighted by molar-refractivity contribution is 0.0886. The molecule has 0 radical (unpaired) electrons. The van der Waals surface area contributed by atoms with Gasteiger partial charge in [-0.25, -0.2) is 0 Å². The average molecular weight is 275 g/mol. The van der Waals surface area contributed by atoms with E-state index in [1.165, 1.54) is 12.8 Å². The number of carbonyl (C=O) groups is 1. The first-order valence-electron chi connectivity index (χ1n) is 7.36. The molecule has 4 heteroatoms. The fourth-order valence-electron chi connectivity index (χ4n) is 3.14. The molecule has 0 saturated heterocycles. The van der Waals surface area contributed by atoms with Crippen molar-refractivity contribution in [2.24, 2.45) is 11.8 Å². The lowest BCUT2D eigenvalue weighted by Crippen LogP contribution is -2.43. The molecule has 3 rings (SSSR count). The van der Waals surface area contributed by atoms with Gasteiger partial charge in [0.2, 0.25) is 6.79 Å². The molecule has 20 heavy (non-hydrogen) atoms. The van der Waals surface area contributed by atoms with Crippen molar-refractivity contribution in [2.45, 2.75) is 39.2 Å². The maximum atomic E-state index is 12.5. The van der Waals surface area contributed by atoms with E-state index in [2.05, 4.69) is 19.2 Å². The van der Waals surface area contributed by atoms with E-state index in [0.717, 1.165) is 6.42 Å². The summed E-state index contributed by atoms with van der Waals surface area (Å²) in [5.41, 5.74) is 0.574. The summed E-state index contributed by atoms with van der Waals surface area (Å²) >= 11 is 0.